The first-order chi connectivity index (χ1) is 18.7. The molecule has 1 aliphatic heterocycles. The molecule has 7 rings (SSSR count). The molecule has 6 nitrogen and oxygen atoms in total. The molecule has 2 amide bonds. The van der Waals surface area contributed by atoms with Gasteiger partial charge in [-0.2, -0.15) is 0 Å². The Hall–Kier alpha value is -1.44. The molecule has 1 unspecified atom stereocenters. The van der Waals surface area contributed by atoms with Crippen molar-refractivity contribution in [3.8, 4) is 0 Å². The van der Waals surface area contributed by atoms with Crippen molar-refractivity contribution < 1.29 is 9.59 Å². The molecule has 1 N–H and O–H groups in total. The van der Waals surface area contributed by atoms with Crippen molar-refractivity contribution in [3.05, 3.63) is 33.8 Å². The van der Waals surface area contributed by atoms with Gasteiger partial charge in [0.1, 0.15) is 0 Å². The van der Waals surface area contributed by atoms with Crippen LogP contribution in [0.4, 0.5) is 0 Å². The predicted octanol–water partition coefficient (Wildman–Crippen LogP) is 4.62. The Labute approximate surface area is 243 Å². The number of hydrogen-bond donors (Lipinski definition) is 1. The Balaban J connectivity index is 1.06. The van der Waals surface area contributed by atoms with Crippen LogP contribution in [-0.2, 0) is 15.0 Å². The zero-order chi connectivity index (χ0) is 27.3. The zero-order valence-corrected chi connectivity index (χ0v) is 25.7. The smallest absolute Gasteiger partial charge is 0.234 e. The first-order valence-electron chi connectivity index (χ1n) is 15.4. The van der Waals surface area contributed by atoms with Crippen LogP contribution in [0.5, 0.6) is 0 Å². The number of fused-ring (bicyclic) bond motifs is 2. The number of amides is 2. The highest BCUT2D eigenvalue weighted by Gasteiger charge is 2.49. The summed E-state index contributed by atoms with van der Waals surface area (Å²) in [7, 11) is 6.03. The van der Waals surface area contributed by atoms with E-state index in [1.165, 1.54) is 47.7 Å². The van der Waals surface area contributed by atoms with Crippen LogP contribution in [0.15, 0.2) is 22.7 Å². The Kier molecular flexibility index (Phi) is 7.88. The quantitative estimate of drug-likeness (QED) is 0.474. The van der Waals surface area contributed by atoms with Gasteiger partial charge in [-0.25, -0.2) is 0 Å². The van der Waals surface area contributed by atoms with E-state index in [0.717, 1.165) is 69.1 Å². The molecule has 39 heavy (non-hydrogen) atoms. The van der Waals surface area contributed by atoms with Crippen LogP contribution in [0.1, 0.15) is 74.8 Å². The van der Waals surface area contributed by atoms with Gasteiger partial charge in [0, 0.05) is 37.1 Å². The lowest BCUT2D eigenvalue weighted by Crippen LogP contribution is -2.57. The molecule has 6 aliphatic rings. The minimum atomic E-state index is 0.0942. The summed E-state index contributed by atoms with van der Waals surface area (Å²) in [6, 6.07) is 6.96. The molecule has 5 aliphatic carbocycles. The number of nitrogens with zero attached hydrogens (tertiary/aromatic N) is 3. The van der Waals surface area contributed by atoms with E-state index in [1.54, 1.807) is 0 Å². The Morgan fingerprint density at radius 1 is 1.00 bits per heavy atom. The molecular weight excluding hydrogens is 552 g/mol. The molecule has 1 atom stereocenters. The number of carbonyl (C=O) groups excluding carboxylic acids is 2. The van der Waals surface area contributed by atoms with Gasteiger partial charge >= 0.3 is 0 Å². The molecule has 1 aromatic carbocycles. The summed E-state index contributed by atoms with van der Waals surface area (Å²) in [5.74, 6) is 4.06. The lowest BCUT2D eigenvalue weighted by atomic mass is 9.54. The predicted molar refractivity (Wildman–Crippen MR) is 159 cm³/mol. The number of rotatable bonds is 8. The van der Waals surface area contributed by atoms with Gasteiger partial charge in [-0.05, 0) is 131 Å². The highest BCUT2D eigenvalue weighted by Crippen LogP contribution is 2.55. The Morgan fingerprint density at radius 2 is 1.67 bits per heavy atom. The molecule has 4 bridgehead atoms. The first kappa shape index (κ1) is 27.7. The lowest BCUT2D eigenvalue weighted by Gasteiger charge is -2.54. The van der Waals surface area contributed by atoms with Gasteiger partial charge in [0.15, 0.2) is 0 Å². The molecule has 4 saturated carbocycles. The minimum Gasteiger partial charge on any atom is -0.352 e. The monoisotopic (exact) mass is 598 g/mol. The average molecular weight is 600 g/mol. The van der Waals surface area contributed by atoms with E-state index < -0.39 is 0 Å². The number of likely N-dealkylation sites (N-methyl/N-ethyl adjacent to an activating group) is 2. The summed E-state index contributed by atoms with van der Waals surface area (Å²) in [6.45, 7) is 4.06. The van der Waals surface area contributed by atoms with Crippen molar-refractivity contribution in [2.45, 2.75) is 75.2 Å². The van der Waals surface area contributed by atoms with Crippen molar-refractivity contribution in [3.63, 3.8) is 0 Å². The Bertz CT molecular complexity index is 1050. The molecule has 1 saturated heterocycles. The number of piperidine rings is 1. The molecule has 214 valence electrons. The fourth-order valence-corrected chi connectivity index (χ4v) is 10.1. The van der Waals surface area contributed by atoms with Gasteiger partial charge in [-0.1, -0.05) is 28.1 Å². The van der Waals surface area contributed by atoms with E-state index in [4.69, 9.17) is 0 Å². The number of benzene rings is 1. The summed E-state index contributed by atoms with van der Waals surface area (Å²) >= 11 is 3.88. The maximum atomic E-state index is 13.2. The maximum absolute atomic E-state index is 13.2. The second-order valence-corrected chi connectivity index (χ2v) is 14.9. The van der Waals surface area contributed by atoms with Crippen molar-refractivity contribution in [1.29, 1.82) is 0 Å². The van der Waals surface area contributed by atoms with Crippen LogP contribution in [0.25, 0.3) is 0 Å². The first-order valence-corrected chi connectivity index (χ1v) is 16.2. The summed E-state index contributed by atoms with van der Waals surface area (Å²) in [4.78, 5) is 32.7. The summed E-state index contributed by atoms with van der Waals surface area (Å²) in [6.07, 6.45) is 10.5. The molecule has 1 spiro atoms. The van der Waals surface area contributed by atoms with Crippen LogP contribution in [0, 0.1) is 23.7 Å². The van der Waals surface area contributed by atoms with Crippen LogP contribution in [0.2, 0.25) is 0 Å². The van der Waals surface area contributed by atoms with Crippen LogP contribution in [-0.4, -0.2) is 86.4 Å². The van der Waals surface area contributed by atoms with Crippen molar-refractivity contribution >= 4 is 27.7 Å². The fourth-order valence-electron chi connectivity index (χ4n) is 9.34. The second kappa shape index (κ2) is 11.1. The zero-order valence-electron chi connectivity index (χ0n) is 24.1. The third-order valence-corrected chi connectivity index (χ3v) is 11.8. The maximum Gasteiger partial charge on any atom is 0.234 e. The van der Waals surface area contributed by atoms with Gasteiger partial charge in [-0.15, -0.1) is 0 Å². The molecule has 0 aromatic heterocycles. The van der Waals surface area contributed by atoms with E-state index in [1.807, 2.05) is 26.0 Å². The van der Waals surface area contributed by atoms with Gasteiger partial charge < -0.3 is 15.1 Å². The number of halogens is 1. The van der Waals surface area contributed by atoms with E-state index in [0.29, 0.717) is 19.0 Å². The van der Waals surface area contributed by atoms with Crippen LogP contribution < -0.4 is 5.32 Å². The average Bonchev–Trinajstić information content (AvgIpc) is 3.19. The van der Waals surface area contributed by atoms with Gasteiger partial charge in [-0.3, -0.25) is 14.5 Å². The summed E-state index contributed by atoms with van der Waals surface area (Å²) < 4.78 is 1.18. The summed E-state index contributed by atoms with van der Waals surface area (Å²) in [5, 5.41) is 3.52. The molecule has 0 radical (unpaired) electrons. The van der Waals surface area contributed by atoms with E-state index in [-0.39, 0.29) is 23.1 Å². The Morgan fingerprint density at radius 3 is 2.31 bits per heavy atom. The largest absolute Gasteiger partial charge is 0.352 e. The number of carbonyl (C=O) groups is 2. The second-order valence-electron chi connectivity index (χ2n) is 14.0. The van der Waals surface area contributed by atoms with Crippen molar-refractivity contribution in [2.24, 2.45) is 23.7 Å². The van der Waals surface area contributed by atoms with E-state index in [9.17, 15) is 9.59 Å². The number of nitrogens with one attached hydrogen (secondary N) is 1. The molecule has 1 aromatic rings. The molecule has 1 heterocycles. The minimum absolute atomic E-state index is 0.0942. The molecule has 7 heteroatoms. The standard InChI is InChI=1S/C32H47BrN4O2/c1-35(2)11-12-36(3)29(39)18-25-19-32(30-26(25)5-4-6-27(30)33)7-9-37(10-8-32)20-28(38)34-31-23-14-21-13-22(16-23)17-24(31)15-21/h4-6,21-25,31H,7-20H2,1-3H3,(H,34,38). The van der Waals surface area contributed by atoms with Crippen LogP contribution >= 0.6 is 15.9 Å². The number of likely N-dealkylation sites (tertiary alicyclic amines) is 1. The fraction of sp³-hybridized carbons (Fsp3) is 0.750. The third-order valence-electron chi connectivity index (χ3n) is 11.1. The lowest BCUT2D eigenvalue weighted by molar-refractivity contribution is -0.130. The third kappa shape index (κ3) is 5.57. The van der Waals surface area contributed by atoms with Gasteiger partial charge in [0.2, 0.25) is 11.8 Å². The molecule has 5 fully saturated rings. The molecular formula is C32H47BrN4O2. The van der Waals surface area contributed by atoms with E-state index >= 15 is 0 Å². The van der Waals surface area contributed by atoms with Gasteiger partial charge in [0.25, 0.3) is 0 Å². The number of hydrogen-bond acceptors (Lipinski definition) is 4. The van der Waals surface area contributed by atoms with Crippen molar-refractivity contribution in [1.82, 2.24) is 20.0 Å². The van der Waals surface area contributed by atoms with Crippen LogP contribution in [0.3, 0.4) is 0 Å². The normalized spacial score (nSPS) is 32.5. The van der Waals surface area contributed by atoms with Crippen molar-refractivity contribution in [2.75, 3.05) is 53.9 Å². The summed E-state index contributed by atoms with van der Waals surface area (Å²) in [5.41, 5.74) is 2.88. The topological polar surface area (TPSA) is 55.9 Å². The van der Waals surface area contributed by atoms with Gasteiger partial charge in [0.05, 0.1) is 6.54 Å². The SMILES string of the molecule is CN(C)CCN(C)C(=O)CC1CC2(CCN(CC(=O)NC3C4CC5CC(C4)CC3C5)CC2)c2c(Br)cccc21. The highest BCUT2D eigenvalue weighted by molar-refractivity contribution is 9.10. The highest BCUT2D eigenvalue weighted by atomic mass is 79.9. The van der Waals surface area contributed by atoms with E-state index in [2.05, 4.69) is 49.2 Å².